The Labute approximate surface area is 196 Å². The van der Waals surface area contributed by atoms with Gasteiger partial charge in [-0.2, -0.15) is 8.42 Å². The summed E-state index contributed by atoms with van der Waals surface area (Å²) in [6, 6.07) is 15.0. The van der Waals surface area contributed by atoms with Gasteiger partial charge in [-0.15, -0.1) is 15.7 Å². The number of hydrogen-bond donors (Lipinski definition) is 0. The van der Waals surface area contributed by atoms with Crippen LogP contribution in [0.5, 0.6) is 0 Å². The number of esters is 1. The highest BCUT2D eigenvalue weighted by Gasteiger charge is 2.35. The maximum atomic E-state index is 12.8. The summed E-state index contributed by atoms with van der Waals surface area (Å²) in [5.74, 6) is -0.211. The largest absolute Gasteiger partial charge is 0.459 e. The fraction of sp³-hybridized carbons (Fsp3) is 0.292. The predicted octanol–water partition coefficient (Wildman–Crippen LogP) is 4.02. The number of aryl methyl sites for hydroxylation is 1. The second kappa shape index (κ2) is 8.72. The normalized spacial score (nSPS) is 19.1. The Bertz CT molecular complexity index is 1330. The van der Waals surface area contributed by atoms with Crippen molar-refractivity contribution >= 4 is 33.2 Å². The van der Waals surface area contributed by atoms with Gasteiger partial charge in [0.25, 0.3) is 10.0 Å². The lowest BCUT2D eigenvalue weighted by molar-refractivity contribution is -0.151. The Balaban J connectivity index is 1.23. The third kappa shape index (κ3) is 4.43. The molecule has 0 amide bonds. The quantitative estimate of drug-likeness (QED) is 0.523. The van der Waals surface area contributed by atoms with Crippen LogP contribution in [0.3, 0.4) is 0 Å². The van der Waals surface area contributed by atoms with E-state index in [9.17, 15) is 13.2 Å². The molecule has 5 rings (SSSR count). The predicted molar refractivity (Wildman–Crippen MR) is 127 cm³/mol. The van der Waals surface area contributed by atoms with Crippen molar-refractivity contribution in [1.29, 1.82) is 0 Å². The number of piperidine rings is 1. The van der Waals surface area contributed by atoms with Crippen LogP contribution in [0, 0.1) is 12.8 Å². The van der Waals surface area contributed by atoms with Gasteiger partial charge in [-0.05, 0) is 31.9 Å². The van der Waals surface area contributed by atoms with Gasteiger partial charge in [0, 0.05) is 29.6 Å². The molecular formula is C24H23N3O4S2. The molecule has 7 nitrogen and oxygen atoms in total. The smallest absolute Gasteiger partial charge is 0.311 e. The molecule has 170 valence electrons. The van der Waals surface area contributed by atoms with E-state index in [1.807, 2.05) is 41.5 Å². The van der Waals surface area contributed by atoms with Crippen molar-refractivity contribution < 1.29 is 17.9 Å². The van der Waals surface area contributed by atoms with Gasteiger partial charge in [0.2, 0.25) is 0 Å². The summed E-state index contributed by atoms with van der Waals surface area (Å²) in [4.78, 5) is 19.5. The Hall–Kier alpha value is -3.04. The first-order valence-corrected chi connectivity index (χ1v) is 13.1. The Morgan fingerprint density at radius 1 is 1.18 bits per heavy atom. The third-order valence-corrected chi connectivity index (χ3v) is 8.14. The molecule has 0 spiro atoms. The minimum atomic E-state index is -3.69. The summed E-state index contributed by atoms with van der Waals surface area (Å²) in [7, 11) is -3.69. The molecule has 0 radical (unpaired) electrons. The fourth-order valence-electron chi connectivity index (χ4n) is 4.14. The van der Waals surface area contributed by atoms with Crippen molar-refractivity contribution in [3.8, 4) is 10.6 Å². The number of carbonyl (C=O) groups excluding carboxylic acids is 1. The molecule has 3 heterocycles. The molecule has 1 fully saturated rings. The number of fused-ring (bicyclic) bond motifs is 1. The van der Waals surface area contributed by atoms with Crippen LogP contribution < -0.4 is 0 Å². The Morgan fingerprint density at radius 3 is 2.79 bits per heavy atom. The number of thiazole rings is 1. The van der Waals surface area contributed by atoms with Crippen LogP contribution in [-0.4, -0.2) is 43.2 Å². The van der Waals surface area contributed by atoms with E-state index < -0.39 is 10.0 Å². The van der Waals surface area contributed by atoms with Gasteiger partial charge in [0.15, 0.2) is 5.84 Å². The van der Waals surface area contributed by atoms with E-state index >= 15 is 0 Å². The molecule has 33 heavy (non-hydrogen) atoms. The summed E-state index contributed by atoms with van der Waals surface area (Å²) in [6.07, 6.45) is 1.46. The maximum Gasteiger partial charge on any atom is 0.311 e. The van der Waals surface area contributed by atoms with E-state index in [4.69, 9.17) is 4.74 Å². The van der Waals surface area contributed by atoms with Crippen LogP contribution in [0.2, 0.25) is 0 Å². The van der Waals surface area contributed by atoms with E-state index in [1.165, 1.54) is 16.9 Å². The molecule has 0 N–H and O–H groups in total. The van der Waals surface area contributed by atoms with E-state index in [2.05, 4.69) is 9.38 Å². The molecule has 0 aliphatic carbocycles. The van der Waals surface area contributed by atoms with Crippen LogP contribution in [0.15, 0.2) is 63.2 Å². The van der Waals surface area contributed by atoms with Crippen molar-refractivity contribution in [2.45, 2.75) is 31.3 Å². The van der Waals surface area contributed by atoms with Gasteiger partial charge in [0.1, 0.15) is 16.5 Å². The molecule has 1 saturated heterocycles. The SMILES string of the molecule is Cc1ccc(-c2nc(COC(=O)C3CCCN(C4=NS(=O)(=O)c5ccccc54)C3)cs2)cc1. The van der Waals surface area contributed by atoms with Crippen molar-refractivity contribution in [3.63, 3.8) is 0 Å². The topological polar surface area (TPSA) is 88.9 Å². The van der Waals surface area contributed by atoms with Crippen LogP contribution in [-0.2, 0) is 26.2 Å². The summed E-state index contributed by atoms with van der Waals surface area (Å²) in [5, 5.41) is 2.80. The number of rotatable bonds is 4. The summed E-state index contributed by atoms with van der Waals surface area (Å²) < 4.78 is 34.3. The van der Waals surface area contributed by atoms with Crippen molar-refractivity contribution in [3.05, 3.63) is 70.7 Å². The number of aromatic nitrogens is 1. The molecule has 1 aromatic heterocycles. The minimum absolute atomic E-state index is 0.121. The molecule has 1 unspecified atom stereocenters. The first-order chi connectivity index (χ1) is 15.9. The van der Waals surface area contributed by atoms with Crippen molar-refractivity contribution in [1.82, 2.24) is 9.88 Å². The first kappa shape index (κ1) is 21.8. The third-order valence-electron chi connectivity index (χ3n) is 5.88. The molecule has 2 aliphatic rings. The fourth-order valence-corrected chi connectivity index (χ4v) is 6.18. The maximum absolute atomic E-state index is 12.8. The molecule has 3 aromatic rings. The van der Waals surface area contributed by atoms with E-state index in [1.54, 1.807) is 24.3 Å². The van der Waals surface area contributed by atoms with Crippen molar-refractivity contribution in [2.24, 2.45) is 10.3 Å². The minimum Gasteiger partial charge on any atom is -0.459 e. The first-order valence-electron chi connectivity index (χ1n) is 10.8. The summed E-state index contributed by atoms with van der Waals surface area (Å²) in [6.45, 7) is 3.20. The lowest BCUT2D eigenvalue weighted by Crippen LogP contribution is -2.42. The zero-order chi connectivity index (χ0) is 23.0. The highest BCUT2D eigenvalue weighted by Crippen LogP contribution is 2.30. The van der Waals surface area contributed by atoms with E-state index in [-0.39, 0.29) is 23.4 Å². The highest BCUT2D eigenvalue weighted by atomic mass is 32.2. The number of ether oxygens (including phenoxy) is 1. The van der Waals surface area contributed by atoms with E-state index in [0.717, 1.165) is 22.7 Å². The van der Waals surface area contributed by atoms with Gasteiger partial charge in [-0.25, -0.2) is 4.98 Å². The molecule has 9 heteroatoms. The van der Waals surface area contributed by atoms with Crippen LogP contribution in [0.4, 0.5) is 0 Å². The van der Waals surface area contributed by atoms with Gasteiger partial charge >= 0.3 is 5.97 Å². The monoisotopic (exact) mass is 481 g/mol. The highest BCUT2D eigenvalue weighted by molar-refractivity contribution is 7.90. The number of amidine groups is 1. The summed E-state index contributed by atoms with van der Waals surface area (Å²) >= 11 is 1.52. The Kier molecular flexibility index (Phi) is 5.76. The van der Waals surface area contributed by atoms with Crippen LogP contribution in [0.25, 0.3) is 10.6 Å². The average Bonchev–Trinajstić information content (AvgIpc) is 3.41. The Morgan fingerprint density at radius 2 is 1.97 bits per heavy atom. The number of hydrogen-bond acceptors (Lipinski definition) is 7. The van der Waals surface area contributed by atoms with E-state index in [0.29, 0.717) is 30.9 Å². The summed E-state index contributed by atoms with van der Waals surface area (Å²) in [5.41, 5.74) is 3.55. The lowest BCUT2D eigenvalue weighted by atomic mass is 9.97. The van der Waals surface area contributed by atoms with Crippen LogP contribution >= 0.6 is 11.3 Å². The zero-order valence-corrected chi connectivity index (χ0v) is 19.7. The second-order valence-electron chi connectivity index (χ2n) is 8.29. The molecule has 2 aliphatic heterocycles. The molecule has 2 aromatic carbocycles. The molecule has 0 saturated carbocycles. The zero-order valence-electron chi connectivity index (χ0n) is 18.1. The number of nitrogens with zero attached hydrogens (tertiary/aromatic N) is 3. The van der Waals surface area contributed by atoms with Crippen molar-refractivity contribution in [2.75, 3.05) is 13.1 Å². The number of sulfonamides is 1. The van der Waals surface area contributed by atoms with Gasteiger partial charge in [0.05, 0.1) is 11.6 Å². The van der Waals surface area contributed by atoms with Gasteiger partial charge in [-0.1, -0.05) is 42.0 Å². The average molecular weight is 482 g/mol. The van der Waals surface area contributed by atoms with Crippen LogP contribution in [0.1, 0.15) is 29.7 Å². The number of carbonyl (C=O) groups is 1. The molecular weight excluding hydrogens is 458 g/mol. The van der Waals surface area contributed by atoms with Gasteiger partial charge in [-0.3, -0.25) is 4.79 Å². The molecule has 0 bridgehead atoms. The second-order valence-corrected chi connectivity index (χ2v) is 10.7. The lowest BCUT2D eigenvalue weighted by Gasteiger charge is -2.32. The number of benzene rings is 2. The number of likely N-dealkylation sites (tertiary alicyclic amines) is 1. The molecule has 1 atom stereocenters. The van der Waals surface area contributed by atoms with Gasteiger partial charge < -0.3 is 9.64 Å². The standard InChI is InChI=1S/C24H23N3O4S2/c1-16-8-10-17(11-9-16)23-25-19(15-32-23)14-31-24(28)18-5-4-12-27(13-18)22-20-6-2-3-7-21(20)33(29,30)26-22/h2-3,6-11,15,18H,4-5,12-14H2,1H3.